The number of alkyl halides is 3. The van der Waals surface area contributed by atoms with E-state index in [0.29, 0.717) is 47.9 Å². The van der Waals surface area contributed by atoms with Gasteiger partial charge in [-0.25, -0.2) is 5.84 Å². The molecule has 0 heterocycles. The number of carbonyl (C=O) groups is 1. The van der Waals surface area contributed by atoms with Gasteiger partial charge in [-0.1, -0.05) is 6.92 Å². The first-order valence-corrected chi connectivity index (χ1v) is 14.5. The molecular weight excluding hydrogens is 507 g/mol. The van der Waals surface area contributed by atoms with E-state index in [-0.39, 0.29) is 47.8 Å². The maximum atomic E-state index is 13.7. The minimum absolute atomic E-state index is 0.0583. The van der Waals surface area contributed by atoms with Crippen LogP contribution in [0, 0.1) is 46.3 Å². The van der Waals surface area contributed by atoms with Crippen LogP contribution in [0.1, 0.15) is 64.7 Å². The number of carbonyl (C=O) groups excluding carboxylic acids is 1. The first kappa shape index (κ1) is 28.5. The van der Waals surface area contributed by atoms with Gasteiger partial charge in [0.15, 0.2) is 5.78 Å². The summed E-state index contributed by atoms with van der Waals surface area (Å²) in [5, 5.41) is 1.44. The second-order valence-corrected chi connectivity index (χ2v) is 13.0. The van der Waals surface area contributed by atoms with Crippen molar-refractivity contribution < 1.29 is 27.4 Å². The van der Waals surface area contributed by atoms with E-state index in [1.165, 1.54) is 5.01 Å². The number of rotatable bonds is 7. The van der Waals surface area contributed by atoms with E-state index in [9.17, 15) is 18.0 Å². The van der Waals surface area contributed by atoms with Crippen molar-refractivity contribution >= 4 is 17.2 Å². The molecule has 0 aromatic heterocycles. The number of nitrogens with zero attached hydrogens (tertiary/aromatic N) is 1. The van der Waals surface area contributed by atoms with Gasteiger partial charge in [0.2, 0.25) is 0 Å². The van der Waals surface area contributed by atoms with Crippen molar-refractivity contribution in [2.24, 2.45) is 52.2 Å². The van der Waals surface area contributed by atoms with Gasteiger partial charge in [0.1, 0.15) is 5.75 Å². The average Bonchev–Trinajstić information content (AvgIpc) is 3.25. The molecule has 0 spiro atoms. The van der Waals surface area contributed by atoms with Crippen LogP contribution in [0.3, 0.4) is 0 Å². The van der Waals surface area contributed by atoms with Gasteiger partial charge in [-0.05, 0) is 104 Å². The normalized spacial score (nSPS) is 37.9. The molecule has 4 saturated carbocycles. The Morgan fingerprint density at radius 2 is 1.85 bits per heavy atom. The Labute approximate surface area is 229 Å². The quantitative estimate of drug-likeness (QED) is 0.246. The van der Waals surface area contributed by atoms with Crippen LogP contribution in [0.5, 0.6) is 5.75 Å². The van der Waals surface area contributed by atoms with Gasteiger partial charge in [0.05, 0.1) is 37.6 Å². The number of fused-ring (bicyclic) bond motifs is 5. The number of hydrogen-bond acceptors (Lipinski definition) is 6. The van der Waals surface area contributed by atoms with E-state index < -0.39 is 12.1 Å². The van der Waals surface area contributed by atoms with Gasteiger partial charge in [-0.2, -0.15) is 13.2 Å². The molecule has 6 nitrogen and oxygen atoms in total. The SMILES string of the molecule is COC[C@]12CCC(C(F)(F)F)CC1CCC1C3CC[C@H](C(=O)CN(N)c4ccc(OC)cc4N)C3(C)CCC12. The molecule has 218 valence electrons. The van der Waals surface area contributed by atoms with Crippen molar-refractivity contribution in [2.75, 3.05) is 38.1 Å². The lowest BCUT2D eigenvalue weighted by molar-refractivity contribution is -0.217. The Morgan fingerprint density at radius 1 is 1.08 bits per heavy atom. The van der Waals surface area contributed by atoms with Gasteiger partial charge in [0, 0.05) is 19.1 Å². The number of anilines is 2. The molecule has 4 aliphatic carbocycles. The lowest BCUT2D eigenvalue weighted by atomic mass is 9.43. The van der Waals surface area contributed by atoms with Crippen LogP contribution in [0.2, 0.25) is 0 Å². The molecule has 0 radical (unpaired) electrons. The van der Waals surface area contributed by atoms with Gasteiger partial charge < -0.3 is 20.2 Å². The van der Waals surface area contributed by atoms with Gasteiger partial charge in [-0.15, -0.1) is 0 Å². The van der Waals surface area contributed by atoms with Crippen LogP contribution >= 0.6 is 0 Å². The molecule has 0 aliphatic heterocycles. The third-order valence-electron chi connectivity index (χ3n) is 11.5. The standard InChI is InChI=1S/C30H44F3N3O3/c1-28-12-11-23-21(6-4-18-14-19(30(31,32)33)10-13-29(18,23)17-38-2)22(28)7-8-24(28)27(37)16-36(35)26-9-5-20(39-3)15-25(26)34/h5,9,15,18-19,21-24H,4,6-8,10-14,16-17,34-35H2,1-3H3/t18?,19?,21?,22?,23?,24-,28?,29-/m1/s1. The number of hydrazine groups is 1. The van der Waals surface area contributed by atoms with E-state index in [4.69, 9.17) is 21.1 Å². The topological polar surface area (TPSA) is 90.8 Å². The molecule has 6 unspecified atom stereocenters. The zero-order valence-corrected chi connectivity index (χ0v) is 23.4. The van der Waals surface area contributed by atoms with Crippen LogP contribution in [-0.2, 0) is 9.53 Å². The van der Waals surface area contributed by atoms with Gasteiger partial charge in [-0.3, -0.25) is 4.79 Å². The largest absolute Gasteiger partial charge is 0.497 e. The summed E-state index contributed by atoms with van der Waals surface area (Å²) >= 11 is 0. The predicted octanol–water partition coefficient (Wildman–Crippen LogP) is 5.99. The average molecular weight is 552 g/mol. The molecule has 9 heteroatoms. The van der Waals surface area contributed by atoms with E-state index >= 15 is 0 Å². The van der Waals surface area contributed by atoms with Crippen molar-refractivity contribution in [1.29, 1.82) is 0 Å². The Hall–Kier alpha value is -2.00. The fraction of sp³-hybridized carbons (Fsp3) is 0.767. The molecule has 1 aromatic carbocycles. The van der Waals surface area contributed by atoms with Crippen LogP contribution < -0.4 is 21.3 Å². The Balaban J connectivity index is 1.32. The smallest absolute Gasteiger partial charge is 0.391 e. The molecule has 4 aliphatic rings. The molecular formula is C30H44F3N3O3. The fourth-order valence-electron chi connectivity index (χ4n) is 9.71. The lowest BCUT2D eigenvalue weighted by Crippen LogP contribution is -2.57. The summed E-state index contributed by atoms with van der Waals surface area (Å²) in [7, 11) is 3.26. The zero-order chi connectivity index (χ0) is 28.2. The number of ether oxygens (including phenoxy) is 2. The minimum atomic E-state index is -4.12. The van der Waals surface area contributed by atoms with Gasteiger partial charge in [0.25, 0.3) is 0 Å². The second kappa shape index (κ2) is 10.4. The van der Waals surface area contributed by atoms with E-state index in [1.807, 2.05) is 0 Å². The summed E-state index contributed by atoms with van der Waals surface area (Å²) in [5.74, 6) is 7.10. The van der Waals surface area contributed by atoms with Crippen molar-refractivity contribution in [3.8, 4) is 5.75 Å². The highest BCUT2D eigenvalue weighted by Crippen LogP contribution is 2.68. The van der Waals surface area contributed by atoms with Gasteiger partial charge >= 0.3 is 6.18 Å². The highest BCUT2D eigenvalue weighted by molar-refractivity contribution is 5.87. The lowest BCUT2D eigenvalue weighted by Gasteiger charge is -2.62. The summed E-state index contributed by atoms with van der Waals surface area (Å²) in [6.45, 7) is 2.91. The summed E-state index contributed by atoms with van der Waals surface area (Å²) in [4.78, 5) is 13.7. The molecule has 0 bridgehead atoms. The summed E-state index contributed by atoms with van der Waals surface area (Å²) in [5.41, 5.74) is 6.93. The van der Waals surface area contributed by atoms with Crippen molar-refractivity contribution in [1.82, 2.24) is 0 Å². The van der Waals surface area contributed by atoms with Crippen LogP contribution in [0.4, 0.5) is 24.5 Å². The number of Topliss-reactive ketones (excluding diaryl/α,β-unsaturated/α-hetero) is 1. The van der Waals surface area contributed by atoms with E-state index in [0.717, 1.165) is 38.5 Å². The fourth-order valence-corrected chi connectivity index (χ4v) is 9.71. The predicted molar refractivity (Wildman–Crippen MR) is 145 cm³/mol. The Morgan fingerprint density at radius 3 is 2.51 bits per heavy atom. The molecule has 0 amide bonds. The number of nitrogens with two attached hydrogens (primary N) is 2. The number of methoxy groups -OCH3 is 2. The number of nitrogen functional groups attached to an aromatic ring is 1. The number of halogens is 3. The minimum Gasteiger partial charge on any atom is -0.497 e. The molecule has 4 fully saturated rings. The van der Waals surface area contributed by atoms with E-state index in [2.05, 4.69) is 6.92 Å². The van der Waals surface area contributed by atoms with Crippen LogP contribution in [-0.4, -0.2) is 39.3 Å². The van der Waals surface area contributed by atoms with Crippen molar-refractivity contribution in [3.63, 3.8) is 0 Å². The molecule has 0 saturated heterocycles. The number of hydrogen-bond donors (Lipinski definition) is 2. The molecule has 8 atom stereocenters. The Kier molecular flexibility index (Phi) is 7.63. The van der Waals surface area contributed by atoms with Crippen LogP contribution in [0.15, 0.2) is 18.2 Å². The van der Waals surface area contributed by atoms with Crippen molar-refractivity contribution in [2.45, 2.75) is 70.9 Å². The maximum Gasteiger partial charge on any atom is 0.391 e. The molecule has 5 rings (SSSR count). The zero-order valence-electron chi connectivity index (χ0n) is 23.4. The third-order valence-corrected chi connectivity index (χ3v) is 11.5. The number of benzene rings is 1. The monoisotopic (exact) mass is 551 g/mol. The molecule has 39 heavy (non-hydrogen) atoms. The summed E-state index contributed by atoms with van der Waals surface area (Å²) in [6, 6.07) is 5.24. The highest BCUT2D eigenvalue weighted by atomic mass is 19.4. The van der Waals surface area contributed by atoms with Crippen molar-refractivity contribution in [3.05, 3.63) is 18.2 Å². The first-order chi connectivity index (χ1) is 18.4. The van der Waals surface area contributed by atoms with Crippen LogP contribution in [0.25, 0.3) is 0 Å². The highest BCUT2D eigenvalue weighted by Gasteiger charge is 2.63. The summed E-state index contributed by atoms with van der Waals surface area (Å²) in [6.07, 6.45) is 2.40. The molecule has 4 N–H and O–H groups in total. The van der Waals surface area contributed by atoms with E-state index in [1.54, 1.807) is 32.4 Å². The Bertz CT molecular complexity index is 1070. The first-order valence-electron chi connectivity index (χ1n) is 14.5. The summed E-state index contributed by atoms with van der Waals surface area (Å²) < 4.78 is 51.9. The number of ketones is 1. The second-order valence-electron chi connectivity index (χ2n) is 13.0. The maximum absolute atomic E-state index is 13.7. The molecule has 1 aromatic rings. The third kappa shape index (κ3) is 4.81.